The summed E-state index contributed by atoms with van der Waals surface area (Å²) in [5, 5.41) is 9.19. The van der Waals surface area contributed by atoms with Crippen molar-refractivity contribution in [3.8, 4) is 6.07 Å². The smallest absolute Gasteiger partial charge is 0.244 e. The first-order valence-electron chi connectivity index (χ1n) is 7.95. The zero-order chi connectivity index (χ0) is 17.9. The van der Waals surface area contributed by atoms with Gasteiger partial charge >= 0.3 is 0 Å². The summed E-state index contributed by atoms with van der Waals surface area (Å²) in [7, 11) is -3.65. The highest BCUT2D eigenvalue weighted by atomic mass is 32.2. The van der Waals surface area contributed by atoms with Gasteiger partial charge in [0, 0.05) is 31.1 Å². The first-order valence-corrected chi connectivity index (χ1v) is 10.6. The average Bonchev–Trinajstić information content (AvgIpc) is 2.68. The van der Waals surface area contributed by atoms with Gasteiger partial charge in [0.25, 0.3) is 0 Å². The van der Waals surface area contributed by atoms with Crippen LogP contribution in [-0.2, 0) is 10.0 Å². The zero-order valence-electron chi connectivity index (χ0n) is 13.9. The topological polar surface area (TPSA) is 64.4 Å². The summed E-state index contributed by atoms with van der Waals surface area (Å²) in [5.74, 6) is 0. The Bertz CT molecular complexity index is 899. The molecule has 1 aliphatic rings. The lowest BCUT2D eigenvalue weighted by Crippen LogP contribution is -2.48. The molecule has 0 amide bonds. The molecular weight excluding hydrogens is 354 g/mol. The van der Waals surface area contributed by atoms with E-state index < -0.39 is 10.0 Å². The first kappa shape index (κ1) is 17.8. The molecule has 0 aromatic heterocycles. The van der Waals surface area contributed by atoms with Crippen molar-refractivity contribution in [1.82, 2.24) is 4.31 Å². The van der Waals surface area contributed by atoms with Crippen molar-refractivity contribution in [3.05, 3.63) is 54.1 Å². The Balaban J connectivity index is 1.79. The van der Waals surface area contributed by atoms with Gasteiger partial charge in [0.15, 0.2) is 0 Å². The lowest BCUT2D eigenvalue weighted by atomic mass is 10.2. The van der Waals surface area contributed by atoms with Crippen LogP contribution in [0.5, 0.6) is 0 Å². The van der Waals surface area contributed by atoms with E-state index in [1.165, 1.54) is 21.3 Å². The number of anilines is 1. The van der Waals surface area contributed by atoms with Crippen LogP contribution in [0.25, 0.3) is 0 Å². The van der Waals surface area contributed by atoms with E-state index in [1.807, 2.05) is 24.5 Å². The third-order valence-electron chi connectivity index (χ3n) is 4.29. The summed E-state index contributed by atoms with van der Waals surface area (Å²) in [5.41, 5.74) is 1.34. The van der Waals surface area contributed by atoms with Crippen LogP contribution in [0.2, 0.25) is 0 Å². The fourth-order valence-electron chi connectivity index (χ4n) is 2.98. The Labute approximate surface area is 152 Å². The zero-order valence-corrected chi connectivity index (χ0v) is 15.6. The molecule has 3 rings (SSSR count). The normalized spacial score (nSPS) is 15.8. The standard InChI is InChI=1S/C18H19N3O2S2/c1-24-17-8-4-3-7-16(17)20-10-12-21(13-11-20)25(22,23)18-9-5-2-6-15(18)14-19/h2-9H,10-13H2,1H3. The summed E-state index contributed by atoms with van der Waals surface area (Å²) >= 11 is 1.69. The molecule has 25 heavy (non-hydrogen) atoms. The van der Waals surface area contributed by atoms with E-state index in [9.17, 15) is 13.7 Å². The van der Waals surface area contributed by atoms with Gasteiger partial charge < -0.3 is 4.90 Å². The van der Waals surface area contributed by atoms with Gasteiger partial charge in [-0.3, -0.25) is 0 Å². The molecule has 1 heterocycles. The fraction of sp³-hybridized carbons (Fsp3) is 0.278. The highest BCUT2D eigenvalue weighted by Gasteiger charge is 2.30. The van der Waals surface area contributed by atoms with Gasteiger partial charge in [-0.2, -0.15) is 9.57 Å². The molecule has 0 bridgehead atoms. The van der Waals surface area contributed by atoms with Crippen LogP contribution < -0.4 is 4.90 Å². The molecule has 1 fully saturated rings. The predicted molar refractivity (Wildman–Crippen MR) is 100 cm³/mol. The van der Waals surface area contributed by atoms with Crippen LogP contribution in [-0.4, -0.2) is 45.2 Å². The van der Waals surface area contributed by atoms with Crippen molar-refractivity contribution in [2.24, 2.45) is 0 Å². The van der Waals surface area contributed by atoms with E-state index in [0.717, 1.165) is 5.69 Å². The number of hydrogen-bond acceptors (Lipinski definition) is 5. The second kappa shape index (κ2) is 7.48. The summed E-state index contributed by atoms with van der Waals surface area (Å²) in [6, 6.07) is 16.5. The molecule has 2 aromatic rings. The maximum Gasteiger partial charge on any atom is 0.244 e. The minimum absolute atomic E-state index is 0.0930. The van der Waals surface area contributed by atoms with E-state index >= 15 is 0 Å². The molecule has 1 aliphatic heterocycles. The Hall–Kier alpha value is -2.01. The van der Waals surface area contributed by atoms with E-state index in [2.05, 4.69) is 17.0 Å². The van der Waals surface area contributed by atoms with Gasteiger partial charge in [-0.1, -0.05) is 24.3 Å². The summed E-state index contributed by atoms with van der Waals surface area (Å²) in [6.45, 7) is 2.08. The third kappa shape index (κ3) is 3.52. The molecule has 0 radical (unpaired) electrons. The van der Waals surface area contributed by atoms with Crippen molar-refractivity contribution in [3.63, 3.8) is 0 Å². The molecule has 0 atom stereocenters. The van der Waals surface area contributed by atoms with Crippen molar-refractivity contribution < 1.29 is 8.42 Å². The molecule has 0 N–H and O–H groups in total. The number of benzene rings is 2. The number of sulfonamides is 1. The second-order valence-electron chi connectivity index (χ2n) is 5.67. The predicted octanol–water partition coefficient (Wildman–Crippen LogP) is 2.79. The number of rotatable bonds is 4. The van der Waals surface area contributed by atoms with Gasteiger partial charge in [-0.15, -0.1) is 11.8 Å². The molecule has 0 aliphatic carbocycles. The molecule has 130 valence electrons. The minimum atomic E-state index is -3.65. The van der Waals surface area contributed by atoms with Crippen LogP contribution in [0.3, 0.4) is 0 Å². The number of nitriles is 1. The van der Waals surface area contributed by atoms with Crippen LogP contribution in [0.4, 0.5) is 5.69 Å². The monoisotopic (exact) mass is 373 g/mol. The lowest BCUT2D eigenvalue weighted by Gasteiger charge is -2.36. The Kier molecular flexibility index (Phi) is 5.33. The fourth-order valence-corrected chi connectivity index (χ4v) is 5.17. The molecule has 7 heteroatoms. The quantitative estimate of drug-likeness (QED) is 0.771. The number of nitrogens with zero attached hydrogens (tertiary/aromatic N) is 3. The molecule has 1 saturated heterocycles. The largest absolute Gasteiger partial charge is 0.368 e. The molecular formula is C18H19N3O2S2. The SMILES string of the molecule is CSc1ccccc1N1CCN(S(=O)(=O)c2ccccc2C#N)CC1. The number of thioether (sulfide) groups is 1. The molecule has 0 unspecified atom stereocenters. The second-order valence-corrected chi connectivity index (χ2v) is 8.43. The Morgan fingerprint density at radius 3 is 2.32 bits per heavy atom. The van der Waals surface area contributed by atoms with Gasteiger partial charge in [0.1, 0.15) is 6.07 Å². The van der Waals surface area contributed by atoms with E-state index in [4.69, 9.17) is 0 Å². The minimum Gasteiger partial charge on any atom is -0.368 e. The number of hydrogen-bond donors (Lipinski definition) is 0. The van der Waals surface area contributed by atoms with Crippen molar-refractivity contribution >= 4 is 27.5 Å². The molecule has 0 spiro atoms. The molecule has 2 aromatic carbocycles. The lowest BCUT2D eigenvalue weighted by molar-refractivity contribution is 0.384. The van der Waals surface area contributed by atoms with E-state index in [0.29, 0.717) is 26.2 Å². The first-order chi connectivity index (χ1) is 12.1. The molecule has 0 saturated carbocycles. The maximum absolute atomic E-state index is 12.9. The molecule has 5 nitrogen and oxygen atoms in total. The van der Waals surface area contributed by atoms with Crippen LogP contribution >= 0.6 is 11.8 Å². The highest BCUT2D eigenvalue weighted by molar-refractivity contribution is 7.98. The van der Waals surface area contributed by atoms with Gasteiger partial charge in [-0.25, -0.2) is 8.42 Å². The maximum atomic E-state index is 12.9. The summed E-state index contributed by atoms with van der Waals surface area (Å²) < 4.78 is 27.2. The Morgan fingerprint density at radius 2 is 1.64 bits per heavy atom. The van der Waals surface area contributed by atoms with Gasteiger partial charge in [0.05, 0.1) is 16.1 Å². The highest BCUT2D eigenvalue weighted by Crippen LogP contribution is 2.30. The van der Waals surface area contributed by atoms with Crippen LogP contribution in [0.15, 0.2) is 58.3 Å². The van der Waals surface area contributed by atoms with Crippen molar-refractivity contribution in [2.45, 2.75) is 9.79 Å². The van der Waals surface area contributed by atoms with Gasteiger partial charge in [-0.05, 0) is 30.5 Å². The van der Waals surface area contributed by atoms with E-state index in [-0.39, 0.29) is 10.5 Å². The average molecular weight is 374 g/mol. The number of para-hydroxylation sites is 1. The Morgan fingerprint density at radius 1 is 1.00 bits per heavy atom. The number of piperazine rings is 1. The summed E-state index contributed by atoms with van der Waals surface area (Å²) in [6.07, 6.45) is 2.04. The van der Waals surface area contributed by atoms with E-state index in [1.54, 1.807) is 23.9 Å². The van der Waals surface area contributed by atoms with Crippen molar-refractivity contribution in [1.29, 1.82) is 5.26 Å². The van der Waals surface area contributed by atoms with Gasteiger partial charge in [0.2, 0.25) is 10.0 Å². The van der Waals surface area contributed by atoms with Crippen LogP contribution in [0.1, 0.15) is 5.56 Å². The summed E-state index contributed by atoms with van der Waals surface area (Å²) in [4.78, 5) is 3.50. The van der Waals surface area contributed by atoms with Crippen molar-refractivity contribution in [2.75, 3.05) is 37.3 Å². The van der Waals surface area contributed by atoms with Crippen LogP contribution in [0, 0.1) is 11.3 Å². The third-order valence-corrected chi connectivity index (χ3v) is 7.03.